The van der Waals surface area contributed by atoms with Gasteiger partial charge in [0, 0.05) is 41.7 Å². The predicted molar refractivity (Wildman–Crippen MR) is 167 cm³/mol. The van der Waals surface area contributed by atoms with Crippen LogP contribution in [-0.2, 0) is 17.6 Å². The fraction of sp³-hybridized carbons (Fsp3) is 0.229. The van der Waals surface area contributed by atoms with Crippen molar-refractivity contribution in [2.24, 2.45) is 0 Å². The average Bonchev–Trinajstić information content (AvgIpc) is 3.37. The zero-order valence-electron chi connectivity index (χ0n) is 24.1. The monoisotopic (exact) mass is 544 g/mol. The van der Waals surface area contributed by atoms with Gasteiger partial charge in [-0.1, -0.05) is 55.5 Å². The number of anilines is 2. The first-order chi connectivity index (χ1) is 19.8. The van der Waals surface area contributed by atoms with Gasteiger partial charge in [-0.3, -0.25) is 9.59 Å². The molecule has 0 aliphatic rings. The van der Waals surface area contributed by atoms with Gasteiger partial charge in [0.2, 0.25) is 0 Å². The highest BCUT2D eigenvalue weighted by Gasteiger charge is 2.26. The van der Waals surface area contributed by atoms with Crippen LogP contribution in [-0.4, -0.2) is 34.7 Å². The van der Waals surface area contributed by atoms with E-state index in [1.807, 2.05) is 97.1 Å². The lowest BCUT2D eigenvalue weighted by atomic mass is 10.0. The number of ketones is 1. The molecule has 41 heavy (non-hydrogen) atoms. The minimum absolute atomic E-state index is 0.389. The summed E-state index contributed by atoms with van der Waals surface area (Å²) in [5.41, 5.74) is 7.92. The zero-order valence-corrected chi connectivity index (χ0v) is 24.1. The number of nitrogens with zero attached hydrogens (tertiary/aromatic N) is 3. The van der Waals surface area contributed by atoms with Gasteiger partial charge in [0.1, 0.15) is 11.5 Å². The molecule has 0 fully saturated rings. The molecule has 5 rings (SSSR count). The van der Waals surface area contributed by atoms with Crippen molar-refractivity contribution in [3.8, 4) is 11.1 Å². The SMILES string of the molecule is CCc1cccc2cc(-c3ccccc3)c(C(=O)C(=O)Nc3ccc(CCCN(C)c4cc(C)cc(C)n4)cc3)n12. The number of aryl methyl sites for hydroxylation is 4. The lowest BCUT2D eigenvalue weighted by molar-refractivity contribution is -0.112. The highest BCUT2D eigenvalue weighted by atomic mass is 16.2. The number of benzene rings is 2. The second-order valence-electron chi connectivity index (χ2n) is 10.6. The van der Waals surface area contributed by atoms with E-state index in [9.17, 15) is 9.59 Å². The first-order valence-electron chi connectivity index (χ1n) is 14.1. The van der Waals surface area contributed by atoms with Gasteiger partial charge in [0.25, 0.3) is 11.7 Å². The molecular formula is C35H36N4O2. The van der Waals surface area contributed by atoms with E-state index in [4.69, 9.17) is 0 Å². The summed E-state index contributed by atoms with van der Waals surface area (Å²) in [6.45, 7) is 7.04. The molecule has 6 heteroatoms. The highest BCUT2D eigenvalue weighted by Crippen LogP contribution is 2.30. The molecule has 0 aliphatic carbocycles. The standard InChI is InChI=1S/C35H36N4O2/c1-5-29-14-9-15-30-23-31(27-12-7-6-8-13-27)33(39(29)30)34(40)35(41)37-28-18-16-26(17-19-28)11-10-20-38(4)32-22-24(2)21-25(3)36-32/h6-9,12-19,21-23H,5,10-11,20H2,1-4H3,(H,37,41). The number of amides is 1. The molecule has 6 nitrogen and oxygen atoms in total. The molecule has 0 atom stereocenters. The summed E-state index contributed by atoms with van der Waals surface area (Å²) in [4.78, 5) is 33.8. The Labute approximate surface area is 241 Å². The molecule has 0 bridgehead atoms. The maximum Gasteiger partial charge on any atom is 0.298 e. The quantitative estimate of drug-likeness (QED) is 0.151. The molecule has 0 radical (unpaired) electrons. The van der Waals surface area contributed by atoms with E-state index >= 15 is 0 Å². The Balaban J connectivity index is 1.28. The molecule has 1 amide bonds. The van der Waals surface area contributed by atoms with Gasteiger partial charge < -0.3 is 14.6 Å². The summed E-state index contributed by atoms with van der Waals surface area (Å²) in [6, 6.07) is 29.6. The van der Waals surface area contributed by atoms with Crippen molar-refractivity contribution in [2.75, 3.05) is 23.8 Å². The number of carbonyl (C=O) groups excluding carboxylic acids is 2. The largest absolute Gasteiger partial charge is 0.360 e. The second kappa shape index (κ2) is 12.2. The number of hydrogen-bond donors (Lipinski definition) is 1. The number of hydrogen-bond acceptors (Lipinski definition) is 4. The molecule has 1 N–H and O–H groups in total. The van der Waals surface area contributed by atoms with Crippen LogP contribution in [0.5, 0.6) is 0 Å². The first-order valence-corrected chi connectivity index (χ1v) is 14.1. The predicted octanol–water partition coefficient (Wildman–Crippen LogP) is 7.07. The van der Waals surface area contributed by atoms with Gasteiger partial charge in [0.15, 0.2) is 0 Å². The minimum Gasteiger partial charge on any atom is -0.360 e. The average molecular weight is 545 g/mol. The summed E-state index contributed by atoms with van der Waals surface area (Å²) in [5, 5.41) is 2.83. The Bertz CT molecular complexity index is 1670. The van der Waals surface area contributed by atoms with Crippen LogP contribution in [0, 0.1) is 13.8 Å². The van der Waals surface area contributed by atoms with Crippen molar-refractivity contribution < 1.29 is 9.59 Å². The third-order valence-corrected chi connectivity index (χ3v) is 7.39. The molecule has 3 aromatic heterocycles. The van der Waals surface area contributed by atoms with Crippen molar-refractivity contribution >= 4 is 28.7 Å². The summed E-state index contributed by atoms with van der Waals surface area (Å²) in [6.07, 6.45) is 2.61. The zero-order chi connectivity index (χ0) is 28.9. The van der Waals surface area contributed by atoms with Crippen LogP contribution in [0.2, 0.25) is 0 Å². The molecule has 208 valence electrons. The van der Waals surface area contributed by atoms with Gasteiger partial charge in [-0.2, -0.15) is 0 Å². The molecule has 0 saturated carbocycles. The minimum atomic E-state index is -0.650. The second-order valence-corrected chi connectivity index (χ2v) is 10.6. The molecule has 0 unspecified atom stereocenters. The number of aromatic nitrogens is 2. The van der Waals surface area contributed by atoms with Crippen LogP contribution in [0.15, 0.2) is 91.0 Å². The Kier molecular flexibility index (Phi) is 8.29. The summed E-state index contributed by atoms with van der Waals surface area (Å²) >= 11 is 0. The number of carbonyl (C=O) groups is 2. The molecule has 0 aliphatic heterocycles. The normalized spacial score (nSPS) is 11.0. The third-order valence-electron chi connectivity index (χ3n) is 7.39. The highest BCUT2D eigenvalue weighted by molar-refractivity contribution is 6.47. The molecule has 0 spiro atoms. The van der Waals surface area contributed by atoms with Gasteiger partial charge >= 0.3 is 0 Å². The lowest BCUT2D eigenvalue weighted by Gasteiger charge is -2.19. The van der Waals surface area contributed by atoms with Crippen LogP contribution < -0.4 is 10.2 Å². The van der Waals surface area contributed by atoms with E-state index in [0.717, 1.165) is 59.7 Å². The summed E-state index contributed by atoms with van der Waals surface area (Å²) in [7, 11) is 2.07. The maximum atomic E-state index is 13.7. The summed E-state index contributed by atoms with van der Waals surface area (Å²) in [5.74, 6) is -0.220. The van der Waals surface area contributed by atoms with Gasteiger partial charge in [-0.25, -0.2) is 4.98 Å². The molecule has 2 aromatic carbocycles. The fourth-order valence-corrected chi connectivity index (χ4v) is 5.33. The lowest BCUT2D eigenvalue weighted by Crippen LogP contribution is -2.25. The van der Waals surface area contributed by atoms with Crippen LogP contribution >= 0.6 is 0 Å². The summed E-state index contributed by atoms with van der Waals surface area (Å²) < 4.78 is 1.91. The Morgan fingerprint density at radius 3 is 2.37 bits per heavy atom. The molecular weight excluding hydrogens is 508 g/mol. The van der Waals surface area contributed by atoms with Crippen LogP contribution in [0.1, 0.15) is 46.3 Å². The Morgan fingerprint density at radius 2 is 1.66 bits per heavy atom. The van der Waals surface area contributed by atoms with Crippen molar-refractivity contribution in [1.29, 1.82) is 0 Å². The van der Waals surface area contributed by atoms with Crippen molar-refractivity contribution in [3.63, 3.8) is 0 Å². The Morgan fingerprint density at radius 1 is 0.902 bits per heavy atom. The van der Waals surface area contributed by atoms with Crippen LogP contribution in [0.25, 0.3) is 16.6 Å². The van der Waals surface area contributed by atoms with E-state index in [2.05, 4.69) is 41.3 Å². The third kappa shape index (κ3) is 6.22. The van der Waals surface area contributed by atoms with E-state index in [1.165, 1.54) is 11.1 Å². The van der Waals surface area contributed by atoms with E-state index in [1.54, 1.807) is 0 Å². The molecule has 5 aromatic rings. The van der Waals surface area contributed by atoms with E-state index < -0.39 is 11.7 Å². The number of rotatable bonds is 10. The smallest absolute Gasteiger partial charge is 0.298 e. The fourth-order valence-electron chi connectivity index (χ4n) is 5.33. The number of Topliss-reactive ketones (excluding diaryl/α,β-unsaturated/α-hetero) is 1. The first kappa shape index (κ1) is 27.8. The number of nitrogens with one attached hydrogen (secondary N) is 1. The molecule has 3 heterocycles. The van der Waals surface area contributed by atoms with Gasteiger partial charge in [0.05, 0.1) is 0 Å². The topological polar surface area (TPSA) is 66.7 Å². The van der Waals surface area contributed by atoms with Gasteiger partial charge in [-0.05, 0) is 92.3 Å². The van der Waals surface area contributed by atoms with E-state index in [-0.39, 0.29) is 0 Å². The Hall–Kier alpha value is -4.71. The van der Waals surface area contributed by atoms with Crippen molar-refractivity contribution in [1.82, 2.24) is 9.38 Å². The number of pyridine rings is 2. The van der Waals surface area contributed by atoms with Crippen LogP contribution in [0.4, 0.5) is 11.5 Å². The molecule has 0 saturated heterocycles. The van der Waals surface area contributed by atoms with Gasteiger partial charge in [-0.15, -0.1) is 0 Å². The van der Waals surface area contributed by atoms with Crippen LogP contribution in [0.3, 0.4) is 0 Å². The number of fused-ring (bicyclic) bond motifs is 1. The van der Waals surface area contributed by atoms with E-state index in [0.29, 0.717) is 11.4 Å². The maximum absolute atomic E-state index is 13.7. The van der Waals surface area contributed by atoms with Crippen molar-refractivity contribution in [2.45, 2.75) is 40.0 Å². The van der Waals surface area contributed by atoms with Crippen molar-refractivity contribution in [3.05, 3.63) is 119 Å².